The molecule has 1 saturated carbocycles. The molecule has 1 aliphatic rings. The molecule has 1 aromatic rings. The van der Waals surface area contributed by atoms with Crippen molar-refractivity contribution < 1.29 is 5.11 Å². The van der Waals surface area contributed by atoms with E-state index in [1.54, 1.807) is 13.1 Å². The molecule has 2 rings (SSSR count). The van der Waals surface area contributed by atoms with Crippen molar-refractivity contribution in [3.63, 3.8) is 0 Å². The summed E-state index contributed by atoms with van der Waals surface area (Å²) in [6.45, 7) is 0. The number of anilines is 2. The summed E-state index contributed by atoms with van der Waals surface area (Å²) in [7, 11) is 1.62. The highest BCUT2D eigenvalue weighted by atomic mass is 16.3. The van der Waals surface area contributed by atoms with E-state index >= 15 is 0 Å². The van der Waals surface area contributed by atoms with Gasteiger partial charge in [-0.05, 0) is 19.3 Å². The molecule has 1 fully saturated rings. The molecule has 0 radical (unpaired) electrons. The van der Waals surface area contributed by atoms with Crippen LogP contribution in [0.5, 0.6) is 0 Å². The van der Waals surface area contributed by atoms with Gasteiger partial charge in [-0.1, -0.05) is 0 Å². The maximum atomic E-state index is 11.4. The molecule has 16 heavy (non-hydrogen) atoms. The predicted octanol–water partition coefficient (Wildman–Crippen LogP) is -0.312. The second kappa shape index (κ2) is 4.13. The Morgan fingerprint density at radius 2 is 2.38 bits per heavy atom. The first kappa shape index (κ1) is 10.9. The van der Waals surface area contributed by atoms with Gasteiger partial charge in [-0.2, -0.15) is 4.98 Å². The van der Waals surface area contributed by atoms with Gasteiger partial charge in [0.1, 0.15) is 11.6 Å². The number of hydrogen-bond acceptors (Lipinski definition) is 5. The number of nitrogens with zero attached hydrogens (tertiary/aromatic N) is 2. The fourth-order valence-electron chi connectivity index (χ4n) is 1.99. The normalized spacial score (nSPS) is 24.6. The zero-order valence-electron chi connectivity index (χ0n) is 9.18. The van der Waals surface area contributed by atoms with E-state index in [1.807, 2.05) is 0 Å². The smallest absolute Gasteiger partial charge is 0.350 e. The Morgan fingerprint density at radius 3 is 3.00 bits per heavy atom. The molecule has 0 amide bonds. The molecule has 0 spiro atoms. The molecule has 1 heterocycles. The molecule has 2 atom stereocenters. The monoisotopic (exact) mass is 224 g/mol. The zero-order chi connectivity index (χ0) is 11.7. The van der Waals surface area contributed by atoms with Gasteiger partial charge in [0, 0.05) is 13.1 Å². The van der Waals surface area contributed by atoms with E-state index in [0.717, 1.165) is 19.3 Å². The van der Waals surface area contributed by atoms with Gasteiger partial charge >= 0.3 is 5.69 Å². The average Bonchev–Trinajstić information content (AvgIpc) is 2.60. The van der Waals surface area contributed by atoms with Gasteiger partial charge in [0.05, 0.1) is 12.1 Å². The molecular formula is C10H16N4O2. The molecule has 0 aromatic carbocycles. The average molecular weight is 224 g/mol. The Kier molecular flexibility index (Phi) is 2.82. The second-order valence-corrected chi connectivity index (χ2v) is 4.16. The minimum absolute atomic E-state index is 0.00704. The summed E-state index contributed by atoms with van der Waals surface area (Å²) < 4.78 is 1.39. The lowest BCUT2D eigenvalue weighted by atomic mass is 10.2. The highest BCUT2D eigenvalue weighted by Crippen LogP contribution is 2.22. The first-order valence-electron chi connectivity index (χ1n) is 5.36. The Labute approximate surface area is 93.1 Å². The van der Waals surface area contributed by atoms with Crippen LogP contribution >= 0.6 is 0 Å². The molecule has 0 aliphatic heterocycles. The highest BCUT2D eigenvalue weighted by molar-refractivity contribution is 5.45. The number of aliphatic hydroxyl groups is 1. The van der Waals surface area contributed by atoms with Crippen molar-refractivity contribution in [2.24, 2.45) is 7.05 Å². The number of rotatable bonds is 2. The van der Waals surface area contributed by atoms with Gasteiger partial charge in [0.2, 0.25) is 0 Å². The van der Waals surface area contributed by atoms with Crippen LogP contribution in [0.4, 0.5) is 11.6 Å². The summed E-state index contributed by atoms with van der Waals surface area (Å²) in [5.74, 6) is 0.793. The van der Waals surface area contributed by atoms with E-state index in [2.05, 4.69) is 10.3 Å². The zero-order valence-corrected chi connectivity index (χ0v) is 9.18. The standard InChI is InChI=1S/C10H16N4O2/c1-14-9(5-8(11)13-10(14)16)12-6-3-2-4-7(6)15/h5-7,12,15H,2-4H2,1H3,(H2,11,13,16)/t6-,7-/m1/s1. The van der Waals surface area contributed by atoms with Crippen molar-refractivity contribution in [1.29, 1.82) is 0 Å². The summed E-state index contributed by atoms with van der Waals surface area (Å²) in [5.41, 5.74) is 5.12. The maximum absolute atomic E-state index is 11.4. The molecule has 0 bridgehead atoms. The minimum atomic E-state index is -0.394. The number of hydrogen-bond donors (Lipinski definition) is 3. The molecule has 0 unspecified atom stereocenters. The molecule has 6 heteroatoms. The van der Waals surface area contributed by atoms with Crippen LogP contribution in [0.3, 0.4) is 0 Å². The number of aromatic nitrogens is 2. The van der Waals surface area contributed by atoms with E-state index in [0.29, 0.717) is 5.82 Å². The number of nitrogen functional groups attached to an aromatic ring is 1. The highest BCUT2D eigenvalue weighted by Gasteiger charge is 2.25. The van der Waals surface area contributed by atoms with Gasteiger partial charge in [0.15, 0.2) is 0 Å². The van der Waals surface area contributed by atoms with Crippen molar-refractivity contribution in [3.8, 4) is 0 Å². The van der Waals surface area contributed by atoms with E-state index in [9.17, 15) is 9.90 Å². The largest absolute Gasteiger partial charge is 0.391 e. The summed E-state index contributed by atoms with van der Waals surface area (Å²) in [6, 6.07) is 1.60. The van der Waals surface area contributed by atoms with Gasteiger partial charge < -0.3 is 16.2 Å². The maximum Gasteiger partial charge on any atom is 0.350 e. The molecule has 1 aliphatic carbocycles. The third kappa shape index (κ3) is 2.01. The van der Waals surface area contributed by atoms with Crippen LogP contribution in [0.2, 0.25) is 0 Å². The van der Waals surface area contributed by atoms with Gasteiger partial charge in [-0.25, -0.2) is 4.79 Å². The number of nitrogens with one attached hydrogen (secondary N) is 1. The molecule has 4 N–H and O–H groups in total. The lowest BCUT2D eigenvalue weighted by Gasteiger charge is -2.19. The fraction of sp³-hybridized carbons (Fsp3) is 0.600. The lowest BCUT2D eigenvalue weighted by molar-refractivity contribution is 0.171. The first-order valence-corrected chi connectivity index (χ1v) is 5.36. The van der Waals surface area contributed by atoms with Crippen LogP contribution in [-0.2, 0) is 7.05 Å². The van der Waals surface area contributed by atoms with Crippen molar-refractivity contribution in [1.82, 2.24) is 9.55 Å². The fourth-order valence-corrected chi connectivity index (χ4v) is 1.99. The van der Waals surface area contributed by atoms with Crippen LogP contribution < -0.4 is 16.7 Å². The van der Waals surface area contributed by atoms with Gasteiger partial charge in [0.25, 0.3) is 0 Å². The third-order valence-electron chi connectivity index (χ3n) is 2.97. The summed E-state index contributed by atoms with van der Waals surface area (Å²) in [5, 5.41) is 12.8. The molecule has 88 valence electrons. The first-order chi connectivity index (χ1) is 7.58. The SMILES string of the molecule is Cn1c(N[C@@H]2CCC[C@H]2O)cc(N)nc1=O. The topological polar surface area (TPSA) is 93.2 Å². The Bertz CT molecular complexity index is 443. The van der Waals surface area contributed by atoms with E-state index < -0.39 is 5.69 Å². The van der Waals surface area contributed by atoms with Crippen molar-refractivity contribution >= 4 is 11.6 Å². The molecule has 6 nitrogen and oxygen atoms in total. The predicted molar refractivity (Wildman–Crippen MR) is 61.2 cm³/mol. The van der Waals surface area contributed by atoms with E-state index in [1.165, 1.54) is 4.57 Å². The Balaban J connectivity index is 2.24. The van der Waals surface area contributed by atoms with Crippen molar-refractivity contribution in [2.75, 3.05) is 11.1 Å². The molecule has 0 saturated heterocycles. The molecular weight excluding hydrogens is 208 g/mol. The third-order valence-corrected chi connectivity index (χ3v) is 2.97. The van der Waals surface area contributed by atoms with E-state index in [4.69, 9.17) is 5.73 Å². The summed E-state index contributed by atoms with van der Waals surface area (Å²) in [6.07, 6.45) is 2.33. The van der Waals surface area contributed by atoms with Crippen LogP contribution in [0, 0.1) is 0 Å². The number of aliphatic hydroxyl groups excluding tert-OH is 1. The molecule has 1 aromatic heterocycles. The van der Waals surface area contributed by atoms with Crippen molar-refractivity contribution in [3.05, 3.63) is 16.6 Å². The van der Waals surface area contributed by atoms with E-state index in [-0.39, 0.29) is 18.0 Å². The minimum Gasteiger partial charge on any atom is -0.391 e. The second-order valence-electron chi connectivity index (χ2n) is 4.16. The van der Waals surface area contributed by atoms with Crippen LogP contribution in [0.1, 0.15) is 19.3 Å². The Morgan fingerprint density at radius 1 is 1.62 bits per heavy atom. The van der Waals surface area contributed by atoms with Crippen LogP contribution in [-0.4, -0.2) is 26.8 Å². The number of nitrogens with two attached hydrogens (primary N) is 1. The van der Waals surface area contributed by atoms with Gasteiger partial charge in [-0.3, -0.25) is 4.57 Å². The summed E-state index contributed by atoms with van der Waals surface area (Å²) >= 11 is 0. The van der Waals surface area contributed by atoms with Crippen molar-refractivity contribution in [2.45, 2.75) is 31.4 Å². The van der Waals surface area contributed by atoms with Gasteiger partial charge in [-0.15, -0.1) is 0 Å². The van der Waals surface area contributed by atoms with Crippen LogP contribution in [0.15, 0.2) is 10.9 Å². The van der Waals surface area contributed by atoms with Crippen LogP contribution in [0.25, 0.3) is 0 Å². The lowest BCUT2D eigenvalue weighted by Crippen LogP contribution is -2.32. The quantitative estimate of drug-likeness (QED) is 0.640. The summed E-state index contributed by atoms with van der Waals surface area (Å²) in [4.78, 5) is 15.0. The Hall–Kier alpha value is -1.56.